The third kappa shape index (κ3) is 5.23. The van der Waals surface area contributed by atoms with E-state index in [1.807, 2.05) is 51.4 Å². The van der Waals surface area contributed by atoms with E-state index in [-0.39, 0.29) is 17.7 Å². The molecule has 1 aliphatic heterocycles. The lowest BCUT2D eigenvalue weighted by Crippen LogP contribution is -2.38. The van der Waals surface area contributed by atoms with E-state index >= 15 is 0 Å². The minimum atomic E-state index is -0.146. The van der Waals surface area contributed by atoms with Crippen LogP contribution in [0.25, 0.3) is 11.3 Å². The molecule has 5 rings (SSSR count). The van der Waals surface area contributed by atoms with Crippen LogP contribution in [0.3, 0.4) is 0 Å². The summed E-state index contributed by atoms with van der Waals surface area (Å²) in [6.07, 6.45) is 7.84. The van der Waals surface area contributed by atoms with E-state index in [4.69, 9.17) is 4.52 Å². The fourth-order valence-electron chi connectivity index (χ4n) is 4.46. The monoisotopic (exact) mass is 504 g/mol. The van der Waals surface area contributed by atoms with Crippen LogP contribution in [-0.2, 0) is 6.54 Å². The van der Waals surface area contributed by atoms with Crippen LogP contribution < -0.4 is 5.32 Å². The molecular formula is C26H28N6O3S. The average molecular weight is 505 g/mol. The lowest BCUT2D eigenvalue weighted by molar-refractivity contribution is 0.0711. The van der Waals surface area contributed by atoms with Crippen molar-refractivity contribution >= 4 is 23.2 Å². The second-order valence-corrected chi connectivity index (χ2v) is 9.77. The summed E-state index contributed by atoms with van der Waals surface area (Å²) in [5.74, 6) is 0.564. The third-order valence-corrected chi connectivity index (χ3v) is 7.45. The first-order valence-electron chi connectivity index (χ1n) is 12.1. The summed E-state index contributed by atoms with van der Waals surface area (Å²) in [4.78, 5) is 36.4. The highest BCUT2D eigenvalue weighted by Gasteiger charge is 2.30. The first-order valence-corrected chi connectivity index (χ1v) is 13.0. The third-order valence-electron chi connectivity index (χ3n) is 6.45. The molecule has 9 nitrogen and oxygen atoms in total. The summed E-state index contributed by atoms with van der Waals surface area (Å²) >= 11 is 1.52. The SMILES string of the molecule is Cc1onc(-c2ccccc2)c1C(=O)N1CCC(c2nc(C(=O)NCCCn3ccnc3)cs2)CC1. The van der Waals surface area contributed by atoms with E-state index in [2.05, 4.69) is 20.4 Å². The van der Waals surface area contributed by atoms with Crippen LogP contribution in [0.2, 0.25) is 0 Å². The van der Waals surface area contributed by atoms with Gasteiger partial charge in [0.1, 0.15) is 22.7 Å². The predicted octanol–water partition coefficient (Wildman–Crippen LogP) is 4.14. The van der Waals surface area contributed by atoms with E-state index in [9.17, 15) is 9.59 Å². The summed E-state index contributed by atoms with van der Waals surface area (Å²) in [6, 6.07) is 9.62. The maximum absolute atomic E-state index is 13.4. The van der Waals surface area contributed by atoms with Gasteiger partial charge in [-0.05, 0) is 26.2 Å². The molecule has 0 radical (unpaired) electrons. The van der Waals surface area contributed by atoms with Gasteiger partial charge in [0, 0.05) is 55.4 Å². The number of carbonyl (C=O) groups is 2. The van der Waals surface area contributed by atoms with E-state index in [0.29, 0.717) is 42.3 Å². The average Bonchev–Trinajstić information content (AvgIpc) is 3.68. The van der Waals surface area contributed by atoms with Crippen molar-refractivity contribution in [2.24, 2.45) is 0 Å². The van der Waals surface area contributed by atoms with E-state index in [1.165, 1.54) is 11.3 Å². The molecule has 1 N–H and O–H groups in total. The molecule has 1 saturated heterocycles. The minimum absolute atomic E-state index is 0.0547. The molecule has 0 spiro atoms. The van der Waals surface area contributed by atoms with Gasteiger partial charge in [-0.3, -0.25) is 9.59 Å². The molecule has 1 aromatic carbocycles. The van der Waals surface area contributed by atoms with Crippen molar-refractivity contribution in [3.05, 3.63) is 76.5 Å². The molecule has 4 aromatic rings. The Kier molecular flexibility index (Phi) is 7.22. The smallest absolute Gasteiger partial charge is 0.270 e. The van der Waals surface area contributed by atoms with Gasteiger partial charge in [0.05, 0.1) is 11.3 Å². The fourth-order valence-corrected chi connectivity index (χ4v) is 5.43. The number of nitrogens with zero attached hydrogens (tertiary/aromatic N) is 5. The van der Waals surface area contributed by atoms with Crippen LogP contribution in [0, 0.1) is 6.92 Å². The molecule has 1 fully saturated rings. The lowest BCUT2D eigenvalue weighted by Gasteiger charge is -2.31. The Labute approximate surface area is 213 Å². The summed E-state index contributed by atoms with van der Waals surface area (Å²) in [6.45, 7) is 4.41. The molecule has 1 aliphatic rings. The van der Waals surface area contributed by atoms with Crippen LogP contribution in [-0.4, -0.2) is 56.0 Å². The summed E-state index contributed by atoms with van der Waals surface area (Å²) < 4.78 is 7.37. The Hall–Kier alpha value is -3.79. The Bertz CT molecular complexity index is 1310. The number of hydrogen-bond acceptors (Lipinski definition) is 7. The van der Waals surface area contributed by atoms with Gasteiger partial charge >= 0.3 is 0 Å². The molecule has 3 aromatic heterocycles. The number of nitrogens with one attached hydrogen (secondary N) is 1. The highest BCUT2D eigenvalue weighted by molar-refractivity contribution is 7.09. The number of carbonyl (C=O) groups excluding carboxylic acids is 2. The number of aryl methyl sites for hydroxylation is 2. The molecule has 0 aliphatic carbocycles. The van der Waals surface area contributed by atoms with E-state index in [0.717, 1.165) is 36.4 Å². The van der Waals surface area contributed by atoms with Gasteiger partial charge < -0.3 is 19.3 Å². The van der Waals surface area contributed by atoms with Crippen molar-refractivity contribution < 1.29 is 14.1 Å². The lowest BCUT2D eigenvalue weighted by atomic mass is 9.96. The summed E-state index contributed by atoms with van der Waals surface area (Å²) in [5.41, 5.74) is 2.44. The van der Waals surface area contributed by atoms with Crippen molar-refractivity contribution in [2.45, 2.75) is 38.6 Å². The first-order chi connectivity index (χ1) is 17.6. The number of rotatable bonds is 8. The number of thiazole rings is 1. The maximum Gasteiger partial charge on any atom is 0.270 e. The van der Waals surface area contributed by atoms with Crippen LogP contribution in [0.4, 0.5) is 0 Å². The van der Waals surface area contributed by atoms with Crippen LogP contribution in [0.1, 0.15) is 56.8 Å². The van der Waals surface area contributed by atoms with Crippen molar-refractivity contribution in [1.29, 1.82) is 0 Å². The molecule has 4 heterocycles. The van der Waals surface area contributed by atoms with Gasteiger partial charge in [-0.2, -0.15) is 0 Å². The Morgan fingerprint density at radius 3 is 2.75 bits per heavy atom. The van der Waals surface area contributed by atoms with Gasteiger partial charge in [-0.25, -0.2) is 9.97 Å². The predicted molar refractivity (Wildman–Crippen MR) is 136 cm³/mol. The molecule has 10 heteroatoms. The zero-order valence-corrected chi connectivity index (χ0v) is 20.9. The Morgan fingerprint density at radius 2 is 2.00 bits per heavy atom. The quantitative estimate of drug-likeness (QED) is 0.362. The zero-order chi connectivity index (χ0) is 24.9. The number of aromatic nitrogens is 4. The number of imidazole rings is 1. The Balaban J connectivity index is 1.15. The fraction of sp³-hybridized carbons (Fsp3) is 0.346. The zero-order valence-electron chi connectivity index (χ0n) is 20.1. The van der Waals surface area contributed by atoms with Gasteiger partial charge in [-0.15, -0.1) is 11.3 Å². The molecule has 0 saturated carbocycles. The van der Waals surface area contributed by atoms with E-state index in [1.54, 1.807) is 19.4 Å². The summed E-state index contributed by atoms with van der Waals surface area (Å²) in [5, 5.41) is 9.87. The van der Waals surface area contributed by atoms with Crippen LogP contribution in [0.15, 0.2) is 59.0 Å². The van der Waals surface area contributed by atoms with E-state index < -0.39 is 0 Å². The first kappa shape index (κ1) is 23.9. The molecule has 0 atom stereocenters. The largest absolute Gasteiger partial charge is 0.360 e. The Morgan fingerprint density at radius 1 is 1.19 bits per heavy atom. The highest BCUT2D eigenvalue weighted by Crippen LogP contribution is 2.32. The maximum atomic E-state index is 13.4. The normalized spacial score (nSPS) is 14.2. The van der Waals surface area contributed by atoms with Gasteiger partial charge in [-0.1, -0.05) is 35.5 Å². The number of likely N-dealkylation sites (tertiary alicyclic amines) is 1. The number of piperidine rings is 1. The van der Waals surface area contributed by atoms with Gasteiger partial charge in [0.25, 0.3) is 11.8 Å². The number of amides is 2. The standard InChI is InChI=1S/C26H28N6O3S/c1-18-22(23(30-35-18)19-6-3-2-4-7-19)26(34)32-13-8-20(9-14-32)25-29-21(16-36-25)24(33)28-10-5-12-31-15-11-27-17-31/h2-4,6-7,11,15-17,20H,5,8-10,12-14H2,1H3,(H,28,33). The van der Waals surface area contributed by atoms with Crippen molar-refractivity contribution in [3.8, 4) is 11.3 Å². The van der Waals surface area contributed by atoms with Crippen LogP contribution >= 0.6 is 11.3 Å². The van der Waals surface area contributed by atoms with Gasteiger partial charge in [0.2, 0.25) is 0 Å². The molecule has 2 amide bonds. The molecular weight excluding hydrogens is 476 g/mol. The van der Waals surface area contributed by atoms with Crippen molar-refractivity contribution in [1.82, 2.24) is 29.9 Å². The minimum Gasteiger partial charge on any atom is -0.360 e. The van der Waals surface area contributed by atoms with Crippen molar-refractivity contribution in [3.63, 3.8) is 0 Å². The second-order valence-electron chi connectivity index (χ2n) is 8.88. The summed E-state index contributed by atoms with van der Waals surface area (Å²) in [7, 11) is 0. The topological polar surface area (TPSA) is 106 Å². The molecule has 36 heavy (non-hydrogen) atoms. The highest BCUT2D eigenvalue weighted by atomic mass is 32.1. The van der Waals surface area contributed by atoms with Crippen molar-refractivity contribution in [2.75, 3.05) is 19.6 Å². The van der Waals surface area contributed by atoms with Crippen LogP contribution in [0.5, 0.6) is 0 Å². The number of benzene rings is 1. The van der Waals surface area contributed by atoms with Gasteiger partial charge in [0.15, 0.2) is 0 Å². The number of hydrogen-bond donors (Lipinski definition) is 1. The molecule has 0 unspecified atom stereocenters. The second kappa shape index (κ2) is 10.9. The molecule has 0 bridgehead atoms. The molecule has 186 valence electrons.